The summed E-state index contributed by atoms with van der Waals surface area (Å²) in [5.74, 6) is 0.229. The van der Waals surface area contributed by atoms with Gasteiger partial charge in [0.15, 0.2) is 5.01 Å². The first kappa shape index (κ1) is 9.69. The highest BCUT2D eigenvalue weighted by molar-refractivity contribution is 7.09. The van der Waals surface area contributed by atoms with E-state index in [9.17, 15) is 5.11 Å². The van der Waals surface area contributed by atoms with E-state index in [-0.39, 0.29) is 5.75 Å². The Bertz CT molecular complexity index is 513. The van der Waals surface area contributed by atoms with Crippen LogP contribution in [0.25, 0.3) is 16.1 Å². The van der Waals surface area contributed by atoms with Gasteiger partial charge in [-0.15, -0.1) is 11.3 Å². The summed E-state index contributed by atoms with van der Waals surface area (Å²) in [5, 5.41) is 12.0. The van der Waals surface area contributed by atoms with Crippen LogP contribution in [0.2, 0.25) is 0 Å². The lowest BCUT2D eigenvalue weighted by Crippen LogP contribution is -1.80. The zero-order chi connectivity index (χ0) is 10.7. The molecule has 3 nitrogen and oxygen atoms in total. The summed E-state index contributed by atoms with van der Waals surface area (Å²) < 4.78 is 0. The maximum Gasteiger partial charge on any atom is 0.265 e. The van der Waals surface area contributed by atoms with Crippen LogP contribution in [0.1, 0.15) is 5.01 Å². The molecule has 0 aliphatic rings. The zero-order valence-electron chi connectivity index (χ0n) is 7.84. The number of phenols is 1. The molecule has 74 valence electrons. The minimum atomic E-state index is 0.229. The van der Waals surface area contributed by atoms with Crippen LogP contribution in [0.4, 0.5) is 0 Å². The van der Waals surface area contributed by atoms with E-state index in [4.69, 9.17) is 6.57 Å². The summed E-state index contributed by atoms with van der Waals surface area (Å²) >= 11 is 1.47. The Kier molecular flexibility index (Phi) is 2.66. The number of aromatic hydroxyl groups is 1. The highest BCUT2D eigenvalue weighted by Crippen LogP contribution is 2.24. The number of hydrogen-bond acceptors (Lipinski definition) is 3. The second-order valence-corrected chi connectivity index (χ2v) is 3.94. The van der Waals surface area contributed by atoms with Crippen molar-refractivity contribution in [3.05, 3.63) is 46.1 Å². The van der Waals surface area contributed by atoms with E-state index in [1.807, 2.05) is 11.4 Å². The Balaban J connectivity index is 2.34. The SMILES string of the molecule is [C-]#[N+]Cc1nc(-c2cccc(O)c2)cs1. The maximum absolute atomic E-state index is 9.31. The lowest BCUT2D eigenvalue weighted by atomic mass is 10.2. The average Bonchev–Trinajstić information content (AvgIpc) is 2.67. The molecule has 2 aromatic rings. The lowest BCUT2D eigenvalue weighted by Gasteiger charge is -1.96. The molecule has 4 heteroatoms. The van der Waals surface area contributed by atoms with Gasteiger partial charge in [-0.05, 0) is 12.1 Å². The van der Waals surface area contributed by atoms with E-state index in [1.54, 1.807) is 18.2 Å². The van der Waals surface area contributed by atoms with Gasteiger partial charge in [-0.25, -0.2) is 11.6 Å². The summed E-state index contributed by atoms with van der Waals surface area (Å²) in [5.41, 5.74) is 1.69. The number of thiazole rings is 1. The molecular weight excluding hydrogens is 208 g/mol. The van der Waals surface area contributed by atoms with Gasteiger partial charge in [0, 0.05) is 10.9 Å². The van der Waals surface area contributed by atoms with Crippen LogP contribution >= 0.6 is 11.3 Å². The van der Waals surface area contributed by atoms with Gasteiger partial charge in [0.1, 0.15) is 5.75 Å². The lowest BCUT2D eigenvalue weighted by molar-refractivity contribution is 0.475. The van der Waals surface area contributed by atoms with Gasteiger partial charge >= 0.3 is 0 Å². The Labute approximate surface area is 91.5 Å². The van der Waals surface area contributed by atoms with E-state index in [1.165, 1.54) is 11.3 Å². The van der Waals surface area contributed by atoms with Crippen LogP contribution in [0.3, 0.4) is 0 Å². The van der Waals surface area contributed by atoms with Gasteiger partial charge in [0.25, 0.3) is 6.54 Å². The van der Waals surface area contributed by atoms with Crippen molar-refractivity contribution in [1.29, 1.82) is 0 Å². The van der Waals surface area contributed by atoms with E-state index in [0.717, 1.165) is 16.3 Å². The molecule has 0 spiro atoms. The van der Waals surface area contributed by atoms with Crippen molar-refractivity contribution in [1.82, 2.24) is 4.98 Å². The molecule has 0 aliphatic carbocycles. The number of nitrogens with zero attached hydrogens (tertiary/aromatic N) is 2. The van der Waals surface area contributed by atoms with Gasteiger partial charge in [0.2, 0.25) is 0 Å². The van der Waals surface area contributed by atoms with Crippen LogP contribution in [-0.2, 0) is 6.54 Å². The van der Waals surface area contributed by atoms with Gasteiger partial charge in [-0.1, -0.05) is 12.1 Å². The first-order valence-electron chi connectivity index (χ1n) is 4.36. The minimum Gasteiger partial charge on any atom is -0.508 e. The molecule has 0 aliphatic heterocycles. The fraction of sp³-hybridized carbons (Fsp3) is 0.0909. The van der Waals surface area contributed by atoms with Crippen LogP contribution in [0, 0.1) is 6.57 Å². The largest absolute Gasteiger partial charge is 0.508 e. The van der Waals surface area contributed by atoms with Gasteiger partial charge in [-0.3, -0.25) is 0 Å². The van der Waals surface area contributed by atoms with E-state index >= 15 is 0 Å². The molecule has 1 aromatic carbocycles. The molecule has 15 heavy (non-hydrogen) atoms. The first-order valence-corrected chi connectivity index (χ1v) is 5.24. The van der Waals surface area contributed by atoms with Crippen molar-refractivity contribution in [2.24, 2.45) is 0 Å². The second-order valence-electron chi connectivity index (χ2n) is 2.99. The number of rotatable bonds is 2. The Hall–Kier alpha value is -1.86. The van der Waals surface area contributed by atoms with Crippen molar-refractivity contribution in [3.63, 3.8) is 0 Å². The summed E-state index contributed by atoms with van der Waals surface area (Å²) in [7, 11) is 0. The molecule has 0 saturated heterocycles. The van der Waals surface area contributed by atoms with Crippen molar-refractivity contribution in [2.45, 2.75) is 6.54 Å². The molecule has 0 atom stereocenters. The molecule has 0 fully saturated rings. The molecule has 1 aromatic heterocycles. The molecule has 0 saturated carbocycles. The molecular formula is C11H8N2OS. The maximum atomic E-state index is 9.31. The molecule has 1 N–H and O–H groups in total. The van der Waals surface area contributed by atoms with E-state index < -0.39 is 0 Å². The van der Waals surface area contributed by atoms with E-state index in [2.05, 4.69) is 9.83 Å². The van der Waals surface area contributed by atoms with Gasteiger partial charge in [0.05, 0.1) is 5.69 Å². The highest BCUT2D eigenvalue weighted by Gasteiger charge is 2.06. The summed E-state index contributed by atoms with van der Waals surface area (Å²) in [6.45, 7) is 7.06. The van der Waals surface area contributed by atoms with Crippen molar-refractivity contribution < 1.29 is 5.11 Å². The Morgan fingerprint density at radius 2 is 2.33 bits per heavy atom. The molecule has 2 rings (SSSR count). The van der Waals surface area contributed by atoms with Gasteiger partial charge < -0.3 is 9.95 Å². The van der Waals surface area contributed by atoms with Crippen molar-refractivity contribution in [3.8, 4) is 17.0 Å². The zero-order valence-corrected chi connectivity index (χ0v) is 8.66. The average molecular weight is 216 g/mol. The third-order valence-electron chi connectivity index (χ3n) is 1.91. The first-order chi connectivity index (χ1) is 7.29. The molecule has 0 unspecified atom stereocenters. The normalized spacial score (nSPS) is 9.80. The molecule has 0 amide bonds. The van der Waals surface area contributed by atoms with Crippen LogP contribution < -0.4 is 0 Å². The number of hydrogen-bond donors (Lipinski definition) is 1. The standard InChI is InChI=1S/C11H8N2OS/c1-12-6-11-13-10(7-15-11)8-3-2-4-9(14)5-8/h2-5,7,14H,6H2. The molecule has 0 radical (unpaired) electrons. The quantitative estimate of drug-likeness (QED) is 0.784. The summed E-state index contributed by atoms with van der Waals surface area (Å²) in [6.07, 6.45) is 0. The predicted octanol–water partition coefficient (Wildman–Crippen LogP) is 2.93. The Morgan fingerprint density at radius 3 is 3.07 bits per heavy atom. The smallest absolute Gasteiger partial charge is 0.265 e. The fourth-order valence-electron chi connectivity index (χ4n) is 1.25. The number of phenolic OH excluding ortho intramolecular Hbond substituents is 1. The third-order valence-corrected chi connectivity index (χ3v) is 2.74. The van der Waals surface area contributed by atoms with Crippen LogP contribution in [-0.4, -0.2) is 10.1 Å². The fourth-order valence-corrected chi connectivity index (χ4v) is 1.98. The Morgan fingerprint density at radius 1 is 1.47 bits per heavy atom. The third kappa shape index (κ3) is 2.14. The molecule has 1 heterocycles. The monoisotopic (exact) mass is 216 g/mol. The van der Waals surface area contributed by atoms with Crippen LogP contribution in [0.5, 0.6) is 5.75 Å². The summed E-state index contributed by atoms with van der Waals surface area (Å²) in [6, 6.07) is 6.95. The minimum absolute atomic E-state index is 0.229. The number of benzene rings is 1. The van der Waals surface area contributed by atoms with Crippen molar-refractivity contribution in [2.75, 3.05) is 0 Å². The van der Waals surface area contributed by atoms with Crippen LogP contribution in [0.15, 0.2) is 29.6 Å². The second kappa shape index (κ2) is 4.11. The van der Waals surface area contributed by atoms with Crippen molar-refractivity contribution >= 4 is 11.3 Å². The predicted molar refractivity (Wildman–Crippen MR) is 59.5 cm³/mol. The number of aromatic nitrogens is 1. The topological polar surface area (TPSA) is 37.5 Å². The summed E-state index contributed by atoms with van der Waals surface area (Å²) in [4.78, 5) is 7.58. The van der Waals surface area contributed by atoms with Gasteiger partial charge in [-0.2, -0.15) is 0 Å². The highest BCUT2D eigenvalue weighted by atomic mass is 32.1. The van der Waals surface area contributed by atoms with E-state index in [0.29, 0.717) is 6.54 Å². The molecule has 0 bridgehead atoms.